The first-order valence-electron chi connectivity index (χ1n) is 10.8. The van der Waals surface area contributed by atoms with Crippen LogP contribution >= 0.6 is 0 Å². The summed E-state index contributed by atoms with van der Waals surface area (Å²) in [4.78, 5) is 17.5. The lowest BCUT2D eigenvalue weighted by Crippen LogP contribution is -2.13. The van der Waals surface area contributed by atoms with Gasteiger partial charge in [0.2, 0.25) is 0 Å². The SMILES string of the molecule is Cc1ccc(NC(=O)c2cc(-c3cccn4c(-c5cccc(F)c5F)cnc34)ccc2C)cc1. The number of rotatable bonds is 4. The van der Waals surface area contributed by atoms with Gasteiger partial charge >= 0.3 is 0 Å². The van der Waals surface area contributed by atoms with Crippen molar-refractivity contribution in [2.45, 2.75) is 13.8 Å². The highest BCUT2D eigenvalue weighted by molar-refractivity contribution is 6.06. The van der Waals surface area contributed by atoms with E-state index in [-0.39, 0.29) is 11.5 Å². The third-order valence-electron chi connectivity index (χ3n) is 5.87. The number of halogens is 2. The molecule has 0 radical (unpaired) electrons. The Morgan fingerprint density at radius 2 is 1.68 bits per heavy atom. The van der Waals surface area contributed by atoms with Crippen LogP contribution in [0.3, 0.4) is 0 Å². The largest absolute Gasteiger partial charge is 0.322 e. The summed E-state index contributed by atoms with van der Waals surface area (Å²) in [6.45, 7) is 3.87. The number of imidazole rings is 1. The maximum atomic E-state index is 14.4. The zero-order chi connectivity index (χ0) is 23.8. The molecule has 0 aliphatic rings. The Labute approximate surface area is 195 Å². The van der Waals surface area contributed by atoms with Gasteiger partial charge in [0.1, 0.15) is 5.65 Å². The molecule has 5 rings (SSSR count). The molecule has 5 aromatic rings. The lowest BCUT2D eigenvalue weighted by molar-refractivity contribution is 0.102. The number of hydrogen-bond acceptors (Lipinski definition) is 2. The highest BCUT2D eigenvalue weighted by atomic mass is 19.2. The number of nitrogens with one attached hydrogen (secondary N) is 1. The normalized spacial score (nSPS) is 11.1. The predicted molar refractivity (Wildman–Crippen MR) is 130 cm³/mol. The summed E-state index contributed by atoms with van der Waals surface area (Å²) in [7, 11) is 0. The number of anilines is 1. The number of carbonyl (C=O) groups is 1. The van der Waals surface area contributed by atoms with Crippen molar-refractivity contribution in [1.82, 2.24) is 9.38 Å². The third kappa shape index (κ3) is 3.83. The van der Waals surface area contributed by atoms with Crippen molar-refractivity contribution in [1.29, 1.82) is 0 Å². The Kier molecular flexibility index (Phi) is 5.42. The van der Waals surface area contributed by atoms with Crippen molar-refractivity contribution >= 4 is 17.2 Å². The van der Waals surface area contributed by atoms with Gasteiger partial charge in [0.05, 0.1) is 11.9 Å². The number of hydrogen-bond donors (Lipinski definition) is 1. The number of fused-ring (bicyclic) bond motifs is 1. The molecule has 0 saturated carbocycles. The molecule has 0 aliphatic carbocycles. The molecule has 4 nitrogen and oxygen atoms in total. The Hall–Kier alpha value is -4.32. The molecule has 6 heteroatoms. The van der Waals surface area contributed by atoms with E-state index in [1.807, 2.05) is 68.4 Å². The van der Waals surface area contributed by atoms with Gasteiger partial charge in [0.25, 0.3) is 5.91 Å². The summed E-state index contributed by atoms with van der Waals surface area (Å²) in [5.74, 6) is -2.03. The smallest absolute Gasteiger partial charge is 0.255 e. The molecule has 0 saturated heterocycles. The number of carbonyl (C=O) groups excluding carboxylic acids is 1. The van der Waals surface area contributed by atoms with E-state index in [2.05, 4.69) is 10.3 Å². The van der Waals surface area contributed by atoms with Gasteiger partial charge in [-0.1, -0.05) is 35.9 Å². The van der Waals surface area contributed by atoms with Gasteiger partial charge in [0.15, 0.2) is 11.6 Å². The highest BCUT2D eigenvalue weighted by Gasteiger charge is 2.17. The van der Waals surface area contributed by atoms with E-state index < -0.39 is 11.6 Å². The summed E-state index contributed by atoms with van der Waals surface area (Å²) in [6.07, 6.45) is 3.28. The fourth-order valence-corrected chi connectivity index (χ4v) is 4.01. The molecule has 0 bridgehead atoms. The fourth-order valence-electron chi connectivity index (χ4n) is 4.01. The molecule has 0 atom stereocenters. The van der Waals surface area contributed by atoms with Crippen LogP contribution in [0.2, 0.25) is 0 Å². The average molecular weight is 453 g/mol. The summed E-state index contributed by atoms with van der Waals surface area (Å²) in [5.41, 5.74) is 5.94. The van der Waals surface area contributed by atoms with Crippen LogP contribution < -0.4 is 5.32 Å². The van der Waals surface area contributed by atoms with E-state index in [1.165, 1.54) is 18.3 Å². The number of nitrogens with zero attached hydrogens (tertiary/aromatic N) is 2. The third-order valence-corrected chi connectivity index (χ3v) is 5.87. The molecule has 0 spiro atoms. The van der Waals surface area contributed by atoms with Crippen LogP contribution in [0, 0.1) is 25.5 Å². The monoisotopic (exact) mass is 453 g/mol. The average Bonchev–Trinajstić information content (AvgIpc) is 3.27. The van der Waals surface area contributed by atoms with Crippen LogP contribution in [-0.4, -0.2) is 15.3 Å². The van der Waals surface area contributed by atoms with Crippen LogP contribution in [0.4, 0.5) is 14.5 Å². The van der Waals surface area contributed by atoms with Gasteiger partial charge in [-0.05, 0) is 67.4 Å². The van der Waals surface area contributed by atoms with Gasteiger partial charge in [-0.15, -0.1) is 0 Å². The topological polar surface area (TPSA) is 46.4 Å². The first kappa shape index (κ1) is 21.5. The van der Waals surface area contributed by atoms with E-state index in [1.54, 1.807) is 10.6 Å². The van der Waals surface area contributed by atoms with Gasteiger partial charge in [-0.25, -0.2) is 13.8 Å². The highest BCUT2D eigenvalue weighted by Crippen LogP contribution is 2.31. The van der Waals surface area contributed by atoms with Gasteiger partial charge in [-0.3, -0.25) is 9.20 Å². The second-order valence-corrected chi connectivity index (χ2v) is 8.21. The molecular weight excluding hydrogens is 432 g/mol. The second-order valence-electron chi connectivity index (χ2n) is 8.21. The lowest BCUT2D eigenvalue weighted by Gasteiger charge is -2.11. The van der Waals surface area contributed by atoms with Crippen LogP contribution in [0.25, 0.3) is 28.0 Å². The van der Waals surface area contributed by atoms with Gasteiger partial charge in [0, 0.05) is 28.6 Å². The minimum atomic E-state index is -0.917. The van der Waals surface area contributed by atoms with Crippen LogP contribution in [0.15, 0.2) is 85.2 Å². The first-order valence-corrected chi connectivity index (χ1v) is 10.8. The first-order chi connectivity index (χ1) is 16.4. The Morgan fingerprint density at radius 3 is 2.47 bits per heavy atom. The summed E-state index contributed by atoms with van der Waals surface area (Å²) in [6, 6.07) is 21.0. The van der Waals surface area contributed by atoms with Crippen molar-refractivity contribution in [3.05, 3.63) is 114 Å². The van der Waals surface area contributed by atoms with Crippen LogP contribution in [0.1, 0.15) is 21.5 Å². The van der Waals surface area contributed by atoms with E-state index >= 15 is 0 Å². The molecule has 1 N–H and O–H groups in total. The van der Waals surface area contributed by atoms with Crippen molar-refractivity contribution in [3.63, 3.8) is 0 Å². The van der Waals surface area contributed by atoms with Crippen molar-refractivity contribution in [2.24, 2.45) is 0 Å². The number of aryl methyl sites for hydroxylation is 2. The zero-order valence-electron chi connectivity index (χ0n) is 18.6. The Bertz CT molecular complexity index is 1540. The Balaban J connectivity index is 1.55. The zero-order valence-corrected chi connectivity index (χ0v) is 18.6. The number of pyridine rings is 1. The fraction of sp³-hybridized carbons (Fsp3) is 0.0714. The molecule has 2 aromatic heterocycles. The predicted octanol–water partition coefficient (Wildman–Crippen LogP) is 6.82. The molecule has 2 heterocycles. The van der Waals surface area contributed by atoms with Crippen molar-refractivity contribution < 1.29 is 13.6 Å². The molecule has 3 aromatic carbocycles. The summed E-state index contributed by atoms with van der Waals surface area (Å²) >= 11 is 0. The molecule has 168 valence electrons. The Morgan fingerprint density at radius 1 is 0.912 bits per heavy atom. The molecular formula is C28H21F2N3O. The summed E-state index contributed by atoms with van der Waals surface area (Å²) < 4.78 is 30.0. The second kappa shape index (κ2) is 8.56. The minimum Gasteiger partial charge on any atom is -0.322 e. The molecule has 0 fully saturated rings. The lowest BCUT2D eigenvalue weighted by atomic mass is 9.99. The maximum absolute atomic E-state index is 14.4. The molecule has 34 heavy (non-hydrogen) atoms. The van der Waals surface area contributed by atoms with Crippen LogP contribution in [0.5, 0.6) is 0 Å². The molecule has 0 aliphatic heterocycles. The number of aromatic nitrogens is 2. The molecule has 0 unspecified atom stereocenters. The molecule has 1 amide bonds. The van der Waals surface area contributed by atoms with Crippen molar-refractivity contribution in [3.8, 4) is 22.4 Å². The van der Waals surface area contributed by atoms with Crippen LogP contribution in [-0.2, 0) is 0 Å². The standard InChI is InChI=1S/C28H21F2N3O/c1-17-8-12-20(13-9-17)32-28(34)23-15-19(11-10-18(23)2)21-6-4-14-33-25(16-31-27(21)33)22-5-3-7-24(29)26(22)30/h3-16H,1-2H3,(H,32,34). The van der Waals surface area contributed by atoms with E-state index in [0.717, 1.165) is 34.0 Å². The van der Waals surface area contributed by atoms with E-state index in [4.69, 9.17) is 0 Å². The van der Waals surface area contributed by atoms with E-state index in [9.17, 15) is 13.6 Å². The minimum absolute atomic E-state index is 0.131. The van der Waals surface area contributed by atoms with Gasteiger partial charge < -0.3 is 5.32 Å². The number of amides is 1. The quantitative estimate of drug-likeness (QED) is 0.325. The van der Waals surface area contributed by atoms with Gasteiger partial charge in [-0.2, -0.15) is 0 Å². The maximum Gasteiger partial charge on any atom is 0.255 e. The number of benzene rings is 3. The van der Waals surface area contributed by atoms with E-state index in [0.29, 0.717) is 16.9 Å². The van der Waals surface area contributed by atoms with Crippen molar-refractivity contribution in [2.75, 3.05) is 5.32 Å². The summed E-state index contributed by atoms with van der Waals surface area (Å²) in [5, 5.41) is 2.94.